The molecule has 206 valence electrons. The summed E-state index contributed by atoms with van der Waals surface area (Å²) in [4.78, 5) is 0. The van der Waals surface area contributed by atoms with Gasteiger partial charge in [-0.25, -0.2) is 0 Å². The van der Waals surface area contributed by atoms with Gasteiger partial charge in [-0.3, -0.25) is 0 Å². The Morgan fingerprint density at radius 1 is 0.405 bits per heavy atom. The van der Waals surface area contributed by atoms with Crippen LogP contribution in [0.15, 0.2) is 97.1 Å². The minimum atomic E-state index is 1.18. The third-order valence-electron chi connectivity index (χ3n) is 9.58. The van der Waals surface area contributed by atoms with Gasteiger partial charge in [-0.05, 0) is 175 Å². The molecule has 0 N–H and O–H groups in total. The van der Waals surface area contributed by atoms with Crippen molar-refractivity contribution in [2.24, 2.45) is 0 Å². The zero-order valence-electron chi connectivity index (χ0n) is 23.7. The van der Waals surface area contributed by atoms with E-state index in [0.29, 0.717) is 0 Å². The maximum Gasteiger partial charge on any atom is 0.0290 e. The number of aryl methyl sites for hydroxylation is 2. The van der Waals surface area contributed by atoms with Crippen LogP contribution in [0.4, 0.5) is 0 Å². The van der Waals surface area contributed by atoms with E-state index >= 15 is 0 Å². The van der Waals surface area contributed by atoms with Gasteiger partial charge < -0.3 is 0 Å². The van der Waals surface area contributed by atoms with Crippen LogP contribution in [0.5, 0.6) is 0 Å². The summed E-state index contributed by atoms with van der Waals surface area (Å²) in [5.41, 5.74) is 14.9. The number of hydrogen-bond donors (Lipinski definition) is 0. The van der Waals surface area contributed by atoms with Gasteiger partial charge in [0, 0.05) is 18.3 Å². The minimum absolute atomic E-state index is 1.18. The molecule has 42 heavy (non-hydrogen) atoms. The SMILES string of the molecule is Ic1c(-c2cccc3ccccc23)cc2c(c1-c1c(I)c(-c3cccc4ccccc34)cc3c1CCCC3)CCCC2. The molecule has 0 bridgehead atoms. The van der Waals surface area contributed by atoms with Crippen LogP contribution in [-0.4, -0.2) is 0 Å². The summed E-state index contributed by atoms with van der Waals surface area (Å²) in [6, 6.07) is 36.5. The molecule has 0 nitrogen and oxygen atoms in total. The van der Waals surface area contributed by atoms with Gasteiger partial charge >= 0.3 is 0 Å². The molecule has 0 saturated heterocycles. The van der Waals surface area contributed by atoms with Crippen molar-refractivity contribution in [3.8, 4) is 33.4 Å². The van der Waals surface area contributed by atoms with Crippen molar-refractivity contribution >= 4 is 66.7 Å². The van der Waals surface area contributed by atoms with Crippen LogP contribution in [0.2, 0.25) is 0 Å². The summed E-state index contributed by atoms with van der Waals surface area (Å²) in [6.07, 6.45) is 9.86. The van der Waals surface area contributed by atoms with Crippen molar-refractivity contribution in [2.45, 2.75) is 51.4 Å². The van der Waals surface area contributed by atoms with Gasteiger partial charge in [-0.15, -0.1) is 0 Å². The van der Waals surface area contributed by atoms with E-state index in [4.69, 9.17) is 0 Å². The van der Waals surface area contributed by atoms with E-state index in [0.717, 1.165) is 0 Å². The zero-order valence-corrected chi connectivity index (χ0v) is 28.0. The summed E-state index contributed by atoms with van der Waals surface area (Å²) in [7, 11) is 0. The fourth-order valence-electron chi connectivity index (χ4n) is 7.59. The molecular weight excluding hydrogens is 734 g/mol. The van der Waals surface area contributed by atoms with Gasteiger partial charge in [0.1, 0.15) is 0 Å². The molecule has 2 aliphatic rings. The molecule has 8 rings (SSSR count). The van der Waals surface area contributed by atoms with Crippen LogP contribution in [-0.2, 0) is 25.7 Å². The minimum Gasteiger partial charge on any atom is -0.0616 e. The Morgan fingerprint density at radius 2 is 0.810 bits per heavy atom. The molecule has 0 aliphatic heterocycles. The van der Waals surface area contributed by atoms with Crippen molar-refractivity contribution < 1.29 is 0 Å². The molecule has 6 aromatic rings. The Labute approximate surface area is 275 Å². The highest BCUT2D eigenvalue weighted by atomic mass is 127. The fourth-order valence-corrected chi connectivity index (χ4v) is 9.67. The van der Waals surface area contributed by atoms with Gasteiger partial charge in [-0.1, -0.05) is 84.9 Å². The van der Waals surface area contributed by atoms with Crippen molar-refractivity contribution in [1.29, 1.82) is 0 Å². The van der Waals surface area contributed by atoms with Crippen LogP contribution < -0.4 is 0 Å². The van der Waals surface area contributed by atoms with E-state index in [1.807, 2.05) is 0 Å². The van der Waals surface area contributed by atoms with Crippen LogP contribution >= 0.6 is 45.2 Å². The predicted molar refractivity (Wildman–Crippen MR) is 196 cm³/mol. The monoisotopic (exact) mass is 766 g/mol. The maximum atomic E-state index is 2.72. The molecule has 6 aromatic carbocycles. The van der Waals surface area contributed by atoms with E-state index in [1.165, 1.54) is 113 Å². The van der Waals surface area contributed by atoms with Gasteiger partial charge in [0.05, 0.1) is 0 Å². The normalized spacial score (nSPS) is 14.6. The second-order valence-corrected chi connectivity index (χ2v) is 14.1. The van der Waals surface area contributed by atoms with E-state index in [9.17, 15) is 0 Å². The molecule has 0 fully saturated rings. The molecule has 0 aromatic heterocycles. The van der Waals surface area contributed by atoms with Crippen LogP contribution in [0.1, 0.15) is 47.9 Å². The molecule has 0 saturated carbocycles. The molecule has 0 amide bonds. The average Bonchev–Trinajstić information content (AvgIpc) is 3.04. The Hall–Kier alpha value is -2.70. The standard InChI is InChI=1S/C40H32I2/c41-39-35(33-21-9-15-25-11-1-5-17-29(25)33)23-27-13-3-7-19-31(27)37(39)38-32-20-8-4-14-28(32)24-36(40(38)42)34-22-10-16-26-12-2-6-18-30(26)34/h1-2,5-6,9-12,15-18,21-24H,3-4,7-8,13-14,19-20H2. The van der Waals surface area contributed by atoms with Crippen molar-refractivity contribution in [1.82, 2.24) is 0 Å². The highest BCUT2D eigenvalue weighted by Gasteiger charge is 2.28. The molecule has 0 heterocycles. The highest BCUT2D eigenvalue weighted by molar-refractivity contribution is 14.1. The van der Waals surface area contributed by atoms with Gasteiger partial charge in [-0.2, -0.15) is 0 Å². The Morgan fingerprint density at radius 3 is 1.29 bits per heavy atom. The lowest BCUT2D eigenvalue weighted by molar-refractivity contribution is 0.681. The van der Waals surface area contributed by atoms with E-state index in [2.05, 4.69) is 142 Å². The lowest BCUT2D eigenvalue weighted by atomic mass is 9.78. The summed E-state index contributed by atoms with van der Waals surface area (Å²) >= 11 is 5.43. The molecule has 0 unspecified atom stereocenters. The number of rotatable bonds is 3. The molecular formula is C40H32I2. The van der Waals surface area contributed by atoms with Crippen molar-refractivity contribution in [3.63, 3.8) is 0 Å². The Bertz CT molecular complexity index is 1860. The van der Waals surface area contributed by atoms with E-state index in [1.54, 1.807) is 22.3 Å². The predicted octanol–water partition coefficient (Wildman–Crippen LogP) is 12.0. The number of benzene rings is 6. The second kappa shape index (κ2) is 11.1. The Balaban J connectivity index is 1.47. The first kappa shape index (κ1) is 26.9. The zero-order chi connectivity index (χ0) is 28.2. The summed E-state index contributed by atoms with van der Waals surface area (Å²) < 4.78 is 2.84. The highest BCUT2D eigenvalue weighted by Crippen LogP contribution is 2.49. The molecule has 0 spiro atoms. The second-order valence-electron chi connectivity index (χ2n) is 12.0. The third-order valence-corrected chi connectivity index (χ3v) is 11.8. The van der Waals surface area contributed by atoms with Gasteiger partial charge in [0.15, 0.2) is 0 Å². The Kier molecular flexibility index (Phi) is 7.10. The van der Waals surface area contributed by atoms with Crippen LogP contribution in [0.25, 0.3) is 54.9 Å². The summed E-state index contributed by atoms with van der Waals surface area (Å²) in [5, 5.41) is 5.33. The topological polar surface area (TPSA) is 0 Å². The van der Waals surface area contributed by atoms with Crippen molar-refractivity contribution in [2.75, 3.05) is 0 Å². The fraction of sp³-hybridized carbons (Fsp3) is 0.200. The van der Waals surface area contributed by atoms with Crippen LogP contribution in [0, 0.1) is 7.14 Å². The quantitative estimate of drug-likeness (QED) is 0.157. The third kappa shape index (κ3) is 4.43. The number of hydrogen-bond acceptors (Lipinski definition) is 0. The average molecular weight is 767 g/mol. The lowest BCUT2D eigenvalue weighted by Gasteiger charge is -2.29. The summed E-state index contributed by atoms with van der Waals surface area (Å²) in [5.74, 6) is 0. The van der Waals surface area contributed by atoms with E-state index < -0.39 is 0 Å². The smallest absolute Gasteiger partial charge is 0.0290 e. The van der Waals surface area contributed by atoms with E-state index in [-0.39, 0.29) is 0 Å². The number of halogens is 2. The van der Waals surface area contributed by atoms with Crippen molar-refractivity contribution in [3.05, 3.63) is 126 Å². The van der Waals surface area contributed by atoms with Gasteiger partial charge in [0.2, 0.25) is 0 Å². The first-order chi connectivity index (χ1) is 20.7. The molecule has 0 atom stereocenters. The van der Waals surface area contributed by atoms with Crippen LogP contribution in [0.3, 0.4) is 0 Å². The lowest BCUT2D eigenvalue weighted by Crippen LogP contribution is -2.12. The molecule has 2 heteroatoms. The largest absolute Gasteiger partial charge is 0.0616 e. The first-order valence-electron chi connectivity index (χ1n) is 15.3. The maximum absolute atomic E-state index is 2.72. The first-order valence-corrected chi connectivity index (χ1v) is 17.5. The molecule has 2 aliphatic carbocycles. The molecule has 0 radical (unpaired) electrons. The number of fused-ring (bicyclic) bond motifs is 4. The van der Waals surface area contributed by atoms with Gasteiger partial charge in [0.25, 0.3) is 0 Å². The summed E-state index contributed by atoms with van der Waals surface area (Å²) in [6.45, 7) is 0.